The zero-order valence-electron chi connectivity index (χ0n) is 28.9. The van der Waals surface area contributed by atoms with Crippen LogP contribution in [0.4, 0.5) is 23.3 Å². The monoisotopic (exact) mass is 686 g/mol. The Labute approximate surface area is 298 Å². The molecule has 0 radical (unpaired) electrons. The van der Waals surface area contributed by atoms with Gasteiger partial charge in [0.15, 0.2) is 0 Å². The fourth-order valence-electron chi connectivity index (χ4n) is 6.26. The van der Waals surface area contributed by atoms with Crippen molar-refractivity contribution in [1.82, 2.24) is 49.8 Å². The number of carbonyl (C=O) groups excluding carboxylic acids is 1. The van der Waals surface area contributed by atoms with Gasteiger partial charge in [-0.05, 0) is 104 Å². The maximum atomic E-state index is 13.7. The fraction of sp³-hybridized carbons (Fsp3) is 0.128. The summed E-state index contributed by atoms with van der Waals surface area (Å²) in [4.78, 5) is 53.6. The first-order valence-corrected chi connectivity index (χ1v) is 16.7. The third-order valence-electron chi connectivity index (χ3n) is 8.66. The summed E-state index contributed by atoms with van der Waals surface area (Å²) in [6, 6.07) is 23.0. The van der Waals surface area contributed by atoms with Crippen molar-refractivity contribution in [1.29, 1.82) is 0 Å². The molecule has 0 aliphatic rings. The molecule has 8 aromatic rings. The summed E-state index contributed by atoms with van der Waals surface area (Å²) in [5.41, 5.74) is 10.7. The lowest BCUT2D eigenvalue weighted by Crippen LogP contribution is -2.26. The molecule has 4 N–H and O–H groups in total. The predicted molar refractivity (Wildman–Crippen MR) is 201 cm³/mol. The smallest absolute Gasteiger partial charge is 0.270 e. The van der Waals surface area contributed by atoms with E-state index in [1.807, 2.05) is 93.6 Å². The Hall–Kier alpha value is -7.02. The minimum absolute atomic E-state index is 0.136. The summed E-state index contributed by atoms with van der Waals surface area (Å²) >= 11 is 0. The van der Waals surface area contributed by atoms with E-state index in [2.05, 4.69) is 50.5 Å². The van der Waals surface area contributed by atoms with Crippen molar-refractivity contribution in [2.45, 2.75) is 27.3 Å². The SMILES string of the molecule is Cc1nc2c(C)cc(Nc3nccc(-c4cc(CN(C)C(=O)c5cc6cc(Nc7nccc(-c8ccccn8)n7)cc(C)c6[nH]5)ccn4)n3)cc2[nH]1. The van der Waals surface area contributed by atoms with Crippen LogP contribution in [0.5, 0.6) is 0 Å². The van der Waals surface area contributed by atoms with Crippen LogP contribution in [0.2, 0.25) is 0 Å². The van der Waals surface area contributed by atoms with Crippen molar-refractivity contribution in [3.05, 3.63) is 126 Å². The molecule has 0 fully saturated rings. The van der Waals surface area contributed by atoms with Gasteiger partial charge < -0.3 is 25.5 Å². The van der Waals surface area contributed by atoms with Crippen LogP contribution in [0.25, 0.3) is 44.7 Å². The number of anilines is 4. The van der Waals surface area contributed by atoms with Gasteiger partial charge in [0.25, 0.3) is 5.91 Å². The molecule has 0 bridgehead atoms. The fourth-order valence-corrected chi connectivity index (χ4v) is 6.26. The molecule has 1 amide bonds. The van der Waals surface area contributed by atoms with Crippen LogP contribution in [0, 0.1) is 20.8 Å². The Kier molecular flexibility index (Phi) is 8.27. The molecule has 0 saturated carbocycles. The molecule has 2 aromatic carbocycles. The summed E-state index contributed by atoms with van der Waals surface area (Å²) in [6.07, 6.45) is 6.87. The van der Waals surface area contributed by atoms with Crippen molar-refractivity contribution in [3.63, 3.8) is 0 Å². The van der Waals surface area contributed by atoms with Gasteiger partial charge in [-0.1, -0.05) is 6.07 Å². The number of rotatable bonds is 9. The Morgan fingerprint density at radius 1 is 0.673 bits per heavy atom. The topological polar surface area (TPSA) is 166 Å². The standard InChI is InChI=1S/C39H34N12O/c1-22-15-27(46-38-42-13-9-30(49-38)29-7-5-6-11-40-29)18-26-19-34(48-35(22)26)37(52)51(4)21-25-8-12-41-32(17-25)31-10-14-43-39(50-31)47-28-16-23(2)36-33(20-28)44-24(3)45-36/h5-20,48H,21H2,1-4H3,(H,44,45)(H,42,46,49)(H,43,47,50). The van der Waals surface area contributed by atoms with Gasteiger partial charge in [0.1, 0.15) is 11.5 Å². The molecule has 13 heteroatoms. The summed E-state index contributed by atoms with van der Waals surface area (Å²) in [5.74, 6) is 1.63. The first-order valence-electron chi connectivity index (χ1n) is 16.7. The molecule has 8 rings (SSSR count). The Bertz CT molecular complexity index is 2600. The molecule has 0 atom stereocenters. The number of aromatic amines is 2. The summed E-state index contributed by atoms with van der Waals surface area (Å²) in [6.45, 7) is 6.34. The van der Waals surface area contributed by atoms with Gasteiger partial charge in [0.05, 0.1) is 33.8 Å². The summed E-state index contributed by atoms with van der Waals surface area (Å²) in [5, 5.41) is 7.51. The number of amides is 1. The zero-order chi connectivity index (χ0) is 35.8. The van der Waals surface area contributed by atoms with Crippen LogP contribution in [-0.4, -0.2) is 62.7 Å². The number of fused-ring (bicyclic) bond motifs is 2. The largest absolute Gasteiger partial charge is 0.350 e. The lowest BCUT2D eigenvalue weighted by atomic mass is 10.1. The van der Waals surface area contributed by atoms with Crippen LogP contribution < -0.4 is 10.6 Å². The lowest BCUT2D eigenvalue weighted by Gasteiger charge is -2.17. The molecule has 0 aliphatic heterocycles. The molecule has 256 valence electrons. The molecular formula is C39H34N12O. The number of pyridine rings is 2. The molecule has 0 aliphatic carbocycles. The van der Waals surface area contributed by atoms with Gasteiger partial charge in [0.2, 0.25) is 11.9 Å². The van der Waals surface area contributed by atoms with Crippen molar-refractivity contribution in [2.24, 2.45) is 0 Å². The minimum Gasteiger partial charge on any atom is -0.350 e. The first kappa shape index (κ1) is 32.2. The second-order valence-corrected chi connectivity index (χ2v) is 12.7. The third-order valence-corrected chi connectivity index (χ3v) is 8.66. The minimum atomic E-state index is -0.136. The van der Waals surface area contributed by atoms with Crippen LogP contribution in [-0.2, 0) is 6.54 Å². The van der Waals surface area contributed by atoms with E-state index in [4.69, 9.17) is 4.98 Å². The molecule has 0 unspecified atom stereocenters. The lowest BCUT2D eigenvalue weighted by molar-refractivity contribution is 0.0780. The van der Waals surface area contributed by atoms with E-state index < -0.39 is 0 Å². The molecule has 52 heavy (non-hydrogen) atoms. The normalized spacial score (nSPS) is 11.2. The predicted octanol–water partition coefficient (Wildman–Crippen LogP) is 7.43. The number of benzene rings is 2. The van der Waals surface area contributed by atoms with Gasteiger partial charge >= 0.3 is 0 Å². The second kappa shape index (κ2) is 13.4. The third kappa shape index (κ3) is 6.62. The molecular weight excluding hydrogens is 653 g/mol. The van der Waals surface area contributed by atoms with Gasteiger partial charge in [-0.15, -0.1) is 0 Å². The highest BCUT2D eigenvalue weighted by molar-refractivity contribution is 5.99. The number of hydrogen-bond acceptors (Lipinski definition) is 10. The Balaban J connectivity index is 0.965. The van der Waals surface area contributed by atoms with E-state index in [-0.39, 0.29) is 5.91 Å². The quantitative estimate of drug-likeness (QED) is 0.120. The highest BCUT2D eigenvalue weighted by Crippen LogP contribution is 2.28. The number of nitrogens with one attached hydrogen (secondary N) is 4. The van der Waals surface area contributed by atoms with Gasteiger partial charge in [-0.3, -0.25) is 14.8 Å². The van der Waals surface area contributed by atoms with Crippen LogP contribution >= 0.6 is 0 Å². The van der Waals surface area contributed by atoms with Crippen molar-refractivity contribution >= 4 is 51.1 Å². The average molecular weight is 687 g/mol. The van der Waals surface area contributed by atoms with Gasteiger partial charge in [0, 0.05) is 60.7 Å². The molecule has 6 aromatic heterocycles. The summed E-state index contributed by atoms with van der Waals surface area (Å²) < 4.78 is 0. The van der Waals surface area contributed by atoms with E-state index >= 15 is 0 Å². The molecule has 0 saturated heterocycles. The van der Waals surface area contributed by atoms with Crippen LogP contribution in [0.3, 0.4) is 0 Å². The van der Waals surface area contributed by atoms with Crippen molar-refractivity contribution in [2.75, 3.05) is 17.7 Å². The Morgan fingerprint density at radius 2 is 1.37 bits per heavy atom. The van der Waals surface area contributed by atoms with Crippen LogP contribution in [0.15, 0.2) is 97.6 Å². The second-order valence-electron chi connectivity index (χ2n) is 12.7. The Morgan fingerprint density at radius 3 is 2.12 bits per heavy atom. The highest BCUT2D eigenvalue weighted by Gasteiger charge is 2.17. The van der Waals surface area contributed by atoms with Crippen molar-refractivity contribution < 1.29 is 4.79 Å². The molecule has 0 spiro atoms. The number of nitrogens with zero attached hydrogens (tertiary/aromatic N) is 8. The number of aryl methyl sites for hydroxylation is 3. The van der Waals surface area contributed by atoms with E-state index in [1.54, 1.807) is 36.7 Å². The maximum Gasteiger partial charge on any atom is 0.270 e. The van der Waals surface area contributed by atoms with Gasteiger partial charge in [-0.2, -0.15) is 0 Å². The number of carbonyl (C=O) groups is 1. The van der Waals surface area contributed by atoms with Gasteiger partial charge in [-0.25, -0.2) is 24.9 Å². The van der Waals surface area contributed by atoms with Crippen LogP contribution in [0.1, 0.15) is 33.0 Å². The number of H-pyrrole nitrogens is 2. The maximum absolute atomic E-state index is 13.7. The zero-order valence-corrected chi connectivity index (χ0v) is 28.9. The number of hydrogen-bond donors (Lipinski definition) is 4. The molecule has 13 nitrogen and oxygen atoms in total. The summed E-state index contributed by atoms with van der Waals surface area (Å²) in [7, 11) is 1.78. The number of aromatic nitrogens is 9. The average Bonchev–Trinajstić information content (AvgIpc) is 3.76. The molecule has 6 heterocycles. The van der Waals surface area contributed by atoms with E-state index in [0.717, 1.165) is 67.2 Å². The van der Waals surface area contributed by atoms with E-state index in [0.29, 0.717) is 35.5 Å². The highest BCUT2D eigenvalue weighted by atomic mass is 16.2. The van der Waals surface area contributed by atoms with E-state index in [9.17, 15) is 4.79 Å². The number of imidazole rings is 1. The van der Waals surface area contributed by atoms with Crippen molar-refractivity contribution in [3.8, 4) is 22.8 Å². The first-order chi connectivity index (χ1) is 25.3. The van der Waals surface area contributed by atoms with E-state index in [1.165, 1.54) is 0 Å².